The highest BCUT2D eigenvalue weighted by Crippen LogP contribution is 2.50. The Bertz CT molecular complexity index is 1080. The number of aliphatic imine (C=N–C) groups is 1. The van der Waals surface area contributed by atoms with Crippen LogP contribution in [0.4, 0.5) is 4.39 Å². The first-order valence-corrected chi connectivity index (χ1v) is 17.1. The number of rotatable bonds is 11. The van der Waals surface area contributed by atoms with E-state index in [4.69, 9.17) is 20.9 Å². The second-order valence-corrected chi connectivity index (χ2v) is 13.7. The van der Waals surface area contributed by atoms with Crippen LogP contribution >= 0.6 is 0 Å². The molecular weight excluding hydrogens is 565 g/mol. The SMILES string of the molecule is NC(N)=NCCCCNC(=O)C1=CN2C3CC4CCCCC4CC3OC3C(NCCCN4CCOCC4)C(F)CC(C1=O)C32. The molecule has 3 saturated carbocycles. The van der Waals surface area contributed by atoms with Crippen LogP contribution in [-0.4, -0.2) is 116 Å². The smallest absolute Gasteiger partial charge is 0.256 e. The number of ether oxygens (including phenoxy) is 2. The van der Waals surface area contributed by atoms with Gasteiger partial charge in [0.15, 0.2) is 11.7 Å². The Kier molecular flexibility index (Phi) is 10.4. The average molecular weight is 618 g/mol. The maximum atomic E-state index is 16.1. The highest BCUT2D eigenvalue weighted by Gasteiger charge is 2.59. The van der Waals surface area contributed by atoms with Gasteiger partial charge in [-0.2, -0.15) is 0 Å². The van der Waals surface area contributed by atoms with Crippen molar-refractivity contribution >= 4 is 17.6 Å². The molecular formula is C32H52FN7O4. The van der Waals surface area contributed by atoms with Gasteiger partial charge in [0.05, 0.1) is 49.1 Å². The minimum atomic E-state index is -1.23. The van der Waals surface area contributed by atoms with Gasteiger partial charge in [0.2, 0.25) is 0 Å². The molecule has 1 amide bonds. The van der Waals surface area contributed by atoms with Crippen LogP contribution in [0.5, 0.6) is 0 Å². The number of Topliss-reactive ketones (excluding diaryl/α,β-unsaturated/α-hetero) is 1. The lowest BCUT2D eigenvalue weighted by atomic mass is 9.65. The maximum absolute atomic E-state index is 16.1. The molecule has 0 bridgehead atoms. The lowest BCUT2D eigenvalue weighted by Gasteiger charge is -2.61. The average Bonchev–Trinajstić information content (AvgIpc) is 3.02. The number of nitrogens with two attached hydrogens (primary N) is 2. The summed E-state index contributed by atoms with van der Waals surface area (Å²) < 4.78 is 28.4. The molecule has 2 saturated heterocycles. The lowest BCUT2D eigenvalue weighted by molar-refractivity contribution is -0.208. The van der Waals surface area contributed by atoms with Crippen LogP contribution < -0.4 is 22.1 Å². The highest BCUT2D eigenvalue weighted by molar-refractivity contribution is 6.20. The number of nitrogens with zero attached hydrogens (tertiary/aromatic N) is 3. The van der Waals surface area contributed by atoms with Crippen molar-refractivity contribution in [3.8, 4) is 0 Å². The number of alkyl halides is 1. The molecule has 0 aromatic heterocycles. The van der Waals surface area contributed by atoms with E-state index in [9.17, 15) is 9.59 Å². The molecule has 9 atom stereocenters. The molecule has 6 rings (SSSR count). The van der Waals surface area contributed by atoms with Crippen molar-refractivity contribution in [2.75, 3.05) is 52.5 Å². The summed E-state index contributed by atoms with van der Waals surface area (Å²) in [6.07, 6.45) is 9.53. The van der Waals surface area contributed by atoms with Gasteiger partial charge < -0.3 is 36.5 Å². The number of carbonyl (C=O) groups excluding carboxylic acids is 2. The van der Waals surface area contributed by atoms with Gasteiger partial charge in [-0.05, 0) is 63.5 Å². The number of halogens is 1. The summed E-state index contributed by atoms with van der Waals surface area (Å²) in [6.45, 7) is 5.96. The van der Waals surface area contributed by atoms with Crippen molar-refractivity contribution in [2.45, 2.75) is 101 Å². The fourth-order valence-electron chi connectivity index (χ4n) is 8.83. The first kappa shape index (κ1) is 31.7. The number of fused-ring (bicyclic) bond motifs is 3. The van der Waals surface area contributed by atoms with Crippen molar-refractivity contribution in [1.29, 1.82) is 0 Å². The summed E-state index contributed by atoms with van der Waals surface area (Å²) in [4.78, 5) is 35.9. The molecule has 6 N–H and O–H groups in total. The standard InChI is InChI=1S/C32H52FN7O4/c33-24-18-22-28-30(27(24)36-10-5-11-39-12-14-43-15-13-39)44-26-17-21-7-2-1-6-20(21)16-25(26)40(28)19-23(29(22)41)31(42)37-8-3-4-9-38-32(34)35/h19-22,24-28,30,36H,1-18H2,(H,37,42)(H4,34,35,38). The third-order valence-corrected chi connectivity index (χ3v) is 11.0. The van der Waals surface area contributed by atoms with Gasteiger partial charge in [-0.1, -0.05) is 25.7 Å². The van der Waals surface area contributed by atoms with Crippen LogP contribution in [0.25, 0.3) is 0 Å². The number of unbranched alkanes of at least 4 members (excludes halogenated alkanes) is 1. The zero-order chi connectivity index (χ0) is 30.6. The zero-order valence-electron chi connectivity index (χ0n) is 26.0. The van der Waals surface area contributed by atoms with E-state index >= 15 is 4.39 Å². The second kappa shape index (κ2) is 14.4. The Morgan fingerprint density at radius 3 is 2.59 bits per heavy atom. The molecule has 3 heterocycles. The molecule has 12 heteroatoms. The summed E-state index contributed by atoms with van der Waals surface area (Å²) in [5.41, 5.74) is 10.9. The van der Waals surface area contributed by atoms with Gasteiger partial charge in [0.25, 0.3) is 5.91 Å². The van der Waals surface area contributed by atoms with E-state index < -0.39 is 24.2 Å². The Balaban J connectivity index is 1.17. The van der Waals surface area contributed by atoms with Crippen LogP contribution in [-0.2, 0) is 19.1 Å². The monoisotopic (exact) mass is 617 g/mol. The summed E-state index contributed by atoms with van der Waals surface area (Å²) in [7, 11) is 0. The van der Waals surface area contributed by atoms with Crippen LogP contribution in [0.2, 0.25) is 0 Å². The van der Waals surface area contributed by atoms with Crippen molar-refractivity contribution in [3.63, 3.8) is 0 Å². The van der Waals surface area contributed by atoms with Crippen LogP contribution in [0, 0.1) is 17.8 Å². The van der Waals surface area contributed by atoms with Gasteiger partial charge in [0, 0.05) is 38.3 Å². The number of hydrogen-bond acceptors (Lipinski definition) is 8. The molecule has 3 aliphatic carbocycles. The number of ketones is 1. The van der Waals surface area contributed by atoms with Crippen molar-refractivity contribution in [1.82, 2.24) is 20.4 Å². The summed E-state index contributed by atoms with van der Waals surface area (Å²) in [5, 5.41) is 6.46. The lowest BCUT2D eigenvalue weighted by Crippen LogP contribution is -2.73. The molecule has 5 fully saturated rings. The van der Waals surface area contributed by atoms with Crippen molar-refractivity contribution in [3.05, 3.63) is 11.8 Å². The minimum absolute atomic E-state index is 0.0245. The summed E-state index contributed by atoms with van der Waals surface area (Å²) >= 11 is 0. The molecule has 0 aromatic rings. The number of hydrogen-bond donors (Lipinski definition) is 4. The van der Waals surface area contributed by atoms with Gasteiger partial charge >= 0.3 is 0 Å². The summed E-state index contributed by atoms with van der Waals surface area (Å²) in [5.74, 6) is 0.105. The van der Waals surface area contributed by atoms with Crippen molar-refractivity contribution in [2.24, 2.45) is 34.2 Å². The second-order valence-electron chi connectivity index (χ2n) is 13.7. The minimum Gasteiger partial charge on any atom is -0.379 e. The van der Waals surface area contributed by atoms with Gasteiger partial charge in [-0.3, -0.25) is 19.5 Å². The van der Waals surface area contributed by atoms with Crippen LogP contribution in [0.1, 0.15) is 64.2 Å². The normalized spacial score (nSPS) is 36.8. The van der Waals surface area contributed by atoms with E-state index in [1.165, 1.54) is 25.7 Å². The number of carbonyl (C=O) groups is 2. The van der Waals surface area contributed by atoms with E-state index in [0.29, 0.717) is 37.9 Å². The first-order valence-electron chi connectivity index (χ1n) is 17.1. The molecule has 3 aliphatic heterocycles. The van der Waals surface area contributed by atoms with Gasteiger partial charge in [0.1, 0.15) is 6.17 Å². The number of amides is 1. The third kappa shape index (κ3) is 6.93. The van der Waals surface area contributed by atoms with Gasteiger partial charge in [-0.25, -0.2) is 4.39 Å². The van der Waals surface area contributed by atoms with E-state index in [1.807, 2.05) is 6.20 Å². The Morgan fingerprint density at radius 2 is 1.82 bits per heavy atom. The Hall–Kier alpha value is -2.28. The third-order valence-electron chi connectivity index (χ3n) is 11.0. The van der Waals surface area contributed by atoms with E-state index in [2.05, 4.69) is 25.4 Å². The van der Waals surface area contributed by atoms with Crippen LogP contribution in [0.3, 0.4) is 0 Å². The topological polar surface area (TPSA) is 148 Å². The predicted octanol–water partition coefficient (Wildman–Crippen LogP) is 1.07. The fraction of sp³-hybridized carbons (Fsp3) is 0.844. The van der Waals surface area contributed by atoms with E-state index in [-0.39, 0.29) is 47.8 Å². The molecule has 11 nitrogen and oxygen atoms in total. The zero-order valence-corrected chi connectivity index (χ0v) is 26.0. The van der Waals surface area contributed by atoms with Crippen LogP contribution in [0.15, 0.2) is 16.8 Å². The first-order chi connectivity index (χ1) is 21.4. The fourth-order valence-corrected chi connectivity index (χ4v) is 8.83. The molecule has 0 spiro atoms. The van der Waals surface area contributed by atoms with E-state index in [0.717, 1.165) is 58.5 Å². The largest absolute Gasteiger partial charge is 0.379 e. The quantitative estimate of drug-likeness (QED) is 0.116. The van der Waals surface area contributed by atoms with Crippen molar-refractivity contribution < 1.29 is 23.5 Å². The molecule has 6 aliphatic rings. The summed E-state index contributed by atoms with van der Waals surface area (Å²) in [6, 6.07) is -0.634. The molecule has 246 valence electrons. The Morgan fingerprint density at radius 1 is 1.05 bits per heavy atom. The number of morpholine rings is 2. The highest BCUT2D eigenvalue weighted by atomic mass is 19.1. The number of guanidine groups is 1. The Labute approximate surface area is 260 Å². The maximum Gasteiger partial charge on any atom is 0.256 e. The molecule has 9 unspecified atom stereocenters. The molecule has 0 radical (unpaired) electrons. The predicted molar refractivity (Wildman–Crippen MR) is 165 cm³/mol. The number of nitrogens with one attached hydrogen (secondary N) is 2. The van der Waals surface area contributed by atoms with E-state index in [1.54, 1.807) is 0 Å². The molecule has 0 aromatic carbocycles. The molecule has 44 heavy (non-hydrogen) atoms. The van der Waals surface area contributed by atoms with Gasteiger partial charge in [-0.15, -0.1) is 0 Å².